The number of anilines is 1. The van der Waals surface area contributed by atoms with Crippen molar-refractivity contribution in [1.82, 2.24) is 9.88 Å². The number of nitrogens with one attached hydrogen (secondary N) is 1. The quantitative estimate of drug-likeness (QED) is 0.712. The molecule has 1 amide bonds. The van der Waals surface area contributed by atoms with Gasteiger partial charge in [-0.3, -0.25) is 4.79 Å². The molecule has 1 heterocycles. The zero-order valence-electron chi connectivity index (χ0n) is 13.0. The van der Waals surface area contributed by atoms with Gasteiger partial charge >= 0.3 is 0 Å². The molecule has 118 valence electrons. The van der Waals surface area contributed by atoms with E-state index < -0.39 is 5.82 Å². The number of ether oxygens (including phenoxy) is 1. The summed E-state index contributed by atoms with van der Waals surface area (Å²) in [6.45, 7) is 8.35. The molecule has 0 fully saturated rings. The number of carbonyl (C=O) groups excluding carboxylic acids is 1. The first kappa shape index (κ1) is 17.4. The summed E-state index contributed by atoms with van der Waals surface area (Å²) in [7, 11) is 0. The van der Waals surface area contributed by atoms with Gasteiger partial charge in [0.2, 0.25) is 0 Å². The molecular weight excluding hydrogens is 273 g/mol. The lowest BCUT2D eigenvalue weighted by atomic mass is 10.2. The van der Waals surface area contributed by atoms with Crippen molar-refractivity contribution >= 4 is 11.7 Å². The van der Waals surface area contributed by atoms with E-state index in [1.807, 2.05) is 20.8 Å². The standard InChI is InChI=1S/C15H24FN3O2/c1-4-8-17-14-13(16)12(7-9-18-14)15(20)19(5-2)10-11-21-6-3/h7,9H,4-6,8,10-11H2,1-3H3,(H,17,18). The molecule has 6 heteroatoms. The SMILES string of the molecule is CCCNc1nccc(C(=O)N(CC)CCOCC)c1F. The summed E-state index contributed by atoms with van der Waals surface area (Å²) in [4.78, 5) is 17.9. The number of halogens is 1. The minimum atomic E-state index is -0.592. The van der Waals surface area contributed by atoms with Gasteiger partial charge in [-0.2, -0.15) is 0 Å². The van der Waals surface area contributed by atoms with Gasteiger partial charge in [0.15, 0.2) is 11.6 Å². The van der Waals surface area contributed by atoms with Gasteiger partial charge in [0.1, 0.15) is 0 Å². The Morgan fingerprint density at radius 2 is 2.19 bits per heavy atom. The lowest BCUT2D eigenvalue weighted by molar-refractivity contribution is 0.0665. The van der Waals surface area contributed by atoms with Crippen LogP contribution in [0.5, 0.6) is 0 Å². The van der Waals surface area contributed by atoms with E-state index in [0.717, 1.165) is 6.42 Å². The highest BCUT2D eigenvalue weighted by molar-refractivity contribution is 5.95. The molecule has 0 radical (unpaired) electrons. The predicted octanol–water partition coefficient (Wildman–Crippen LogP) is 2.54. The van der Waals surface area contributed by atoms with Gasteiger partial charge in [-0.15, -0.1) is 0 Å². The molecule has 1 N–H and O–H groups in total. The molecule has 5 nitrogen and oxygen atoms in total. The van der Waals surface area contributed by atoms with Gasteiger partial charge < -0.3 is 15.0 Å². The van der Waals surface area contributed by atoms with Gasteiger partial charge in [0, 0.05) is 32.4 Å². The number of amides is 1. The molecule has 1 rings (SSSR count). The summed E-state index contributed by atoms with van der Waals surface area (Å²) in [6, 6.07) is 1.41. The third-order valence-electron chi connectivity index (χ3n) is 3.04. The van der Waals surface area contributed by atoms with E-state index in [1.165, 1.54) is 12.3 Å². The Hall–Kier alpha value is -1.69. The van der Waals surface area contributed by atoms with Crippen molar-refractivity contribution in [2.24, 2.45) is 0 Å². The van der Waals surface area contributed by atoms with Crippen LogP contribution in [0.4, 0.5) is 10.2 Å². The fourth-order valence-corrected chi connectivity index (χ4v) is 1.87. The summed E-state index contributed by atoms with van der Waals surface area (Å²) in [6.07, 6.45) is 2.30. The number of hydrogen-bond acceptors (Lipinski definition) is 4. The molecule has 0 saturated heterocycles. The van der Waals surface area contributed by atoms with Gasteiger partial charge in [-0.25, -0.2) is 9.37 Å². The first-order valence-electron chi connectivity index (χ1n) is 7.41. The second-order valence-corrected chi connectivity index (χ2v) is 4.53. The topological polar surface area (TPSA) is 54.5 Å². The first-order valence-corrected chi connectivity index (χ1v) is 7.41. The normalized spacial score (nSPS) is 10.5. The van der Waals surface area contributed by atoms with Crippen LogP contribution >= 0.6 is 0 Å². The van der Waals surface area contributed by atoms with Crippen molar-refractivity contribution in [3.8, 4) is 0 Å². The minimum absolute atomic E-state index is 0.0435. The van der Waals surface area contributed by atoms with E-state index in [1.54, 1.807) is 4.90 Å². The van der Waals surface area contributed by atoms with Gasteiger partial charge in [-0.05, 0) is 26.3 Å². The van der Waals surface area contributed by atoms with Crippen LogP contribution in [-0.2, 0) is 4.74 Å². The van der Waals surface area contributed by atoms with E-state index in [4.69, 9.17) is 4.74 Å². The summed E-state index contributed by atoms with van der Waals surface area (Å²) in [5, 5.41) is 2.89. The first-order chi connectivity index (χ1) is 10.2. The molecule has 21 heavy (non-hydrogen) atoms. The van der Waals surface area contributed by atoms with Crippen LogP contribution in [0.3, 0.4) is 0 Å². The molecule has 0 unspecified atom stereocenters. The lowest BCUT2D eigenvalue weighted by Gasteiger charge is -2.21. The monoisotopic (exact) mass is 297 g/mol. The zero-order valence-corrected chi connectivity index (χ0v) is 13.0. The number of rotatable bonds is 9. The van der Waals surface area contributed by atoms with E-state index in [-0.39, 0.29) is 17.3 Å². The molecular formula is C15H24FN3O2. The van der Waals surface area contributed by atoms with Crippen LogP contribution in [0.15, 0.2) is 12.3 Å². The molecule has 0 aromatic carbocycles. The molecule has 0 aliphatic heterocycles. The van der Waals surface area contributed by atoms with Crippen molar-refractivity contribution in [2.75, 3.05) is 38.2 Å². The predicted molar refractivity (Wildman–Crippen MR) is 81.0 cm³/mol. The number of pyridine rings is 1. The van der Waals surface area contributed by atoms with Crippen LogP contribution in [0.2, 0.25) is 0 Å². The molecule has 0 atom stereocenters. The van der Waals surface area contributed by atoms with E-state index in [0.29, 0.717) is 32.8 Å². The molecule has 0 aliphatic carbocycles. The maximum absolute atomic E-state index is 14.3. The summed E-state index contributed by atoms with van der Waals surface area (Å²) >= 11 is 0. The van der Waals surface area contributed by atoms with Gasteiger partial charge in [-0.1, -0.05) is 6.92 Å². The fraction of sp³-hybridized carbons (Fsp3) is 0.600. The largest absolute Gasteiger partial charge is 0.380 e. The number of aromatic nitrogens is 1. The highest BCUT2D eigenvalue weighted by Crippen LogP contribution is 2.17. The Morgan fingerprint density at radius 1 is 1.43 bits per heavy atom. The highest BCUT2D eigenvalue weighted by Gasteiger charge is 2.20. The summed E-state index contributed by atoms with van der Waals surface area (Å²) in [5.74, 6) is -0.800. The Morgan fingerprint density at radius 3 is 2.81 bits per heavy atom. The fourth-order valence-electron chi connectivity index (χ4n) is 1.87. The minimum Gasteiger partial charge on any atom is -0.380 e. The Kier molecular flexibility index (Phi) is 7.68. The van der Waals surface area contributed by atoms with E-state index >= 15 is 0 Å². The third-order valence-corrected chi connectivity index (χ3v) is 3.04. The van der Waals surface area contributed by atoms with Crippen LogP contribution in [0.25, 0.3) is 0 Å². The zero-order chi connectivity index (χ0) is 15.7. The van der Waals surface area contributed by atoms with Crippen LogP contribution < -0.4 is 5.32 Å². The van der Waals surface area contributed by atoms with Gasteiger partial charge in [0.25, 0.3) is 5.91 Å². The van der Waals surface area contributed by atoms with Crippen LogP contribution in [-0.4, -0.2) is 48.6 Å². The number of hydrogen-bond donors (Lipinski definition) is 1. The molecule has 0 spiro atoms. The smallest absolute Gasteiger partial charge is 0.257 e. The molecule has 0 saturated carbocycles. The number of carbonyl (C=O) groups is 1. The van der Waals surface area contributed by atoms with Crippen molar-refractivity contribution < 1.29 is 13.9 Å². The van der Waals surface area contributed by atoms with E-state index in [9.17, 15) is 9.18 Å². The van der Waals surface area contributed by atoms with Gasteiger partial charge in [0.05, 0.1) is 12.2 Å². The number of nitrogens with zero attached hydrogens (tertiary/aromatic N) is 2. The Labute approximate surface area is 125 Å². The van der Waals surface area contributed by atoms with Crippen LogP contribution in [0, 0.1) is 5.82 Å². The summed E-state index contributed by atoms with van der Waals surface area (Å²) < 4.78 is 19.6. The maximum atomic E-state index is 14.3. The molecule has 1 aromatic heterocycles. The third kappa shape index (κ3) is 4.97. The van der Waals surface area contributed by atoms with E-state index in [2.05, 4.69) is 10.3 Å². The van der Waals surface area contributed by atoms with Crippen molar-refractivity contribution in [3.63, 3.8) is 0 Å². The molecule has 0 bridgehead atoms. The summed E-state index contributed by atoms with van der Waals surface area (Å²) in [5.41, 5.74) is 0.0435. The molecule has 0 aliphatic rings. The second kappa shape index (κ2) is 9.28. The maximum Gasteiger partial charge on any atom is 0.257 e. The Balaban J connectivity index is 2.84. The van der Waals surface area contributed by atoms with Crippen molar-refractivity contribution in [1.29, 1.82) is 0 Å². The van der Waals surface area contributed by atoms with Crippen molar-refractivity contribution in [2.45, 2.75) is 27.2 Å². The average molecular weight is 297 g/mol. The second-order valence-electron chi connectivity index (χ2n) is 4.53. The Bertz CT molecular complexity index is 455. The highest BCUT2D eigenvalue weighted by atomic mass is 19.1. The number of likely N-dealkylation sites (N-methyl/N-ethyl adjacent to an activating group) is 1. The molecule has 1 aromatic rings. The van der Waals surface area contributed by atoms with Crippen LogP contribution in [0.1, 0.15) is 37.6 Å². The average Bonchev–Trinajstić information content (AvgIpc) is 2.50. The van der Waals surface area contributed by atoms with Crippen molar-refractivity contribution in [3.05, 3.63) is 23.6 Å². The lowest BCUT2D eigenvalue weighted by Crippen LogP contribution is -2.34.